The van der Waals surface area contributed by atoms with Gasteiger partial charge in [0.15, 0.2) is 0 Å². The Hall–Kier alpha value is -2.29. The Labute approximate surface area is 166 Å². The van der Waals surface area contributed by atoms with Crippen LogP contribution in [0.3, 0.4) is 0 Å². The number of rotatable bonds is 2. The molecule has 27 heavy (non-hydrogen) atoms. The van der Waals surface area contributed by atoms with E-state index in [9.17, 15) is 0 Å². The number of nitrogens with one attached hydrogen (secondary N) is 1. The van der Waals surface area contributed by atoms with Crippen molar-refractivity contribution in [3.8, 4) is 0 Å². The summed E-state index contributed by atoms with van der Waals surface area (Å²) in [4.78, 5) is 0. The SMILES string of the molecule is Cc1ccc2c(c1)c1c(n2C)C(Cc2cccc3ccccc23)NCC1.Cl. The van der Waals surface area contributed by atoms with E-state index in [1.807, 2.05) is 0 Å². The van der Waals surface area contributed by atoms with Crippen LogP contribution in [0.25, 0.3) is 21.7 Å². The molecule has 0 spiro atoms. The van der Waals surface area contributed by atoms with E-state index in [2.05, 4.69) is 84.5 Å². The molecule has 0 saturated carbocycles. The van der Waals surface area contributed by atoms with Gasteiger partial charge in [-0.2, -0.15) is 0 Å². The van der Waals surface area contributed by atoms with Crippen LogP contribution in [0.1, 0.15) is 28.4 Å². The molecule has 4 aromatic rings. The lowest BCUT2D eigenvalue weighted by Gasteiger charge is -2.27. The lowest BCUT2D eigenvalue weighted by atomic mass is 9.92. The minimum absolute atomic E-state index is 0. The summed E-state index contributed by atoms with van der Waals surface area (Å²) in [6.45, 7) is 3.24. The van der Waals surface area contributed by atoms with Crippen LogP contribution in [0.15, 0.2) is 60.7 Å². The predicted molar refractivity (Wildman–Crippen MR) is 117 cm³/mol. The highest BCUT2D eigenvalue weighted by atomic mass is 35.5. The minimum Gasteiger partial charge on any atom is -0.346 e. The largest absolute Gasteiger partial charge is 0.346 e. The molecule has 2 nitrogen and oxygen atoms in total. The second-order valence-electron chi connectivity index (χ2n) is 7.54. The molecule has 1 aromatic heterocycles. The number of hydrogen-bond donors (Lipinski definition) is 1. The Kier molecular flexibility index (Phi) is 4.71. The first-order valence-corrected chi connectivity index (χ1v) is 9.50. The van der Waals surface area contributed by atoms with Crippen LogP contribution < -0.4 is 5.32 Å². The van der Waals surface area contributed by atoms with Gasteiger partial charge in [0.2, 0.25) is 0 Å². The first-order chi connectivity index (χ1) is 12.7. The zero-order chi connectivity index (χ0) is 17.7. The van der Waals surface area contributed by atoms with Crippen molar-refractivity contribution in [2.45, 2.75) is 25.8 Å². The molecule has 1 aliphatic rings. The summed E-state index contributed by atoms with van der Waals surface area (Å²) in [7, 11) is 2.22. The average Bonchev–Trinajstić information content (AvgIpc) is 2.95. The van der Waals surface area contributed by atoms with Crippen LogP contribution in [-0.4, -0.2) is 11.1 Å². The number of aryl methyl sites for hydroxylation is 2. The lowest BCUT2D eigenvalue weighted by molar-refractivity contribution is 0.481. The van der Waals surface area contributed by atoms with Crippen molar-refractivity contribution in [1.82, 2.24) is 9.88 Å². The molecule has 1 unspecified atom stereocenters. The van der Waals surface area contributed by atoms with Gasteiger partial charge in [-0.25, -0.2) is 0 Å². The van der Waals surface area contributed by atoms with Crippen LogP contribution in [0, 0.1) is 6.92 Å². The van der Waals surface area contributed by atoms with Gasteiger partial charge in [-0.15, -0.1) is 12.4 Å². The Morgan fingerprint density at radius 3 is 2.70 bits per heavy atom. The van der Waals surface area contributed by atoms with Gasteiger partial charge in [0.25, 0.3) is 0 Å². The highest BCUT2D eigenvalue weighted by Gasteiger charge is 2.26. The molecule has 3 heteroatoms. The van der Waals surface area contributed by atoms with Gasteiger partial charge in [0.1, 0.15) is 0 Å². The summed E-state index contributed by atoms with van der Waals surface area (Å²) in [5.41, 5.74) is 7.12. The van der Waals surface area contributed by atoms with E-state index >= 15 is 0 Å². The van der Waals surface area contributed by atoms with Crippen molar-refractivity contribution < 1.29 is 0 Å². The quantitative estimate of drug-likeness (QED) is 0.489. The zero-order valence-electron chi connectivity index (χ0n) is 15.8. The van der Waals surface area contributed by atoms with Crippen LogP contribution in [0.5, 0.6) is 0 Å². The summed E-state index contributed by atoms with van der Waals surface area (Å²) < 4.78 is 2.41. The number of benzene rings is 3. The fraction of sp³-hybridized carbons (Fsp3) is 0.250. The fourth-order valence-corrected chi connectivity index (χ4v) is 4.69. The summed E-state index contributed by atoms with van der Waals surface area (Å²) in [6, 6.07) is 22.6. The maximum absolute atomic E-state index is 3.78. The van der Waals surface area contributed by atoms with Crippen molar-refractivity contribution >= 4 is 34.1 Å². The smallest absolute Gasteiger partial charge is 0.0519 e. The molecule has 5 rings (SSSR count). The van der Waals surface area contributed by atoms with Crippen molar-refractivity contribution in [3.63, 3.8) is 0 Å². The molecule has 138 valence electrons. The van der Waals surface area contributed by atoms with E-state index in [1.165, 1.54) is 44.1 Å². The second-order valence-corrected chi connectivity index (χ2v) is 7.54. The summed E-state index contributed by atoms with van der Waals surface area (Å²) in [5, 5.41) is 7.92. The minimum atomic E-state index is 0. The van der Waals surface area contributed by atoms with Gasteiger partial charge >= 0.3 is 0 Å². The highest BCUT2D eigenvalue weighted by molar-refractivity contribution is 5.87. The van der Waals surface area contributed by atoms with Crippen molar-refractivity contribution in [3.05, 3.63) is 83.0 Å². The number of nitrogens with zero attached hydrogens (tertiary/aromatic N) is 1. The zero-order valence-corrected chi connectivity index (χ0v) is 16.6. The third-order valence-electron chi connectivity index (χ3n) is 5.91. The summed E-state index contributed by atoms with van der Waals surface area (Å²) >= 11 is 0. The van der Waals surface area contributed by atoms with Gasteiger partial charge in [-0.05, 0) is 60.3 Å². The van der Waals surface area contributed by atoms with E-state index in [1.54, 1.807) is 0 Å². The molecule has 0 fully saturated rings. The van der Waals surface area contributed by atoms with E-state index < -0.39 is 0 Å². The molecule has 2 heterocycles. The number of halogens is 1. The molecule has 0 saturated heterocycles. The molecule has 1 aliphatic heterocycles. The Morgan fingerprint density at radius 2 is 1.81 bits per heavy atom. The van der Waals surface area contributed by atoms with E-state index in [4.69, 9.17) is 0 Å². The van der Waals surface area contributed by atoms with Crippen LogP contribution in [0.2, 0.25) is 0 Å². The second kappa shape index (κ2) is 7.03. The molecule has 0 bridgehead atoms. The van der Waals surface area contributed by atoms with Gasteiger partial charge in [0, 0.05) is 23.6 Å². The molecule has 1 N–H and O–H groups in total. The molecule has 0 radical (unpaired) electrons. The third kappa shape index (κ3) is 2.93. The highest BCUT2D eigenvalue weighted by Crippen LogP contribution is 2.35. The van der Waals surface area contributed by atoms with Gasteiger partial charge in [-0.3, -0.25) is 0 Å². The molecular formula is C24H25ClN2. The lowest BCUT2D eigenvalue weighted by Crippen LogP contribution is -2.32. The molecule has 3 aromatic carbocycles. The summed E-state index contributed by atoms with van der Waals surface area (Å²) in [5.74, 6) is 0. The van der Waals surface area contributed by atoms with E-state index in [0.29, 0.717) is 6.04 Å². The van der Waals surface area contributed by atoms with E-state index in [0.717, 1.165) is 19.4 Å². The molecule has 0 amide bonds. The standard InChI is InChI=1S/C24H24N2.ClH/c1-16-10-11-23-21(14-16)20-12-13-25-22(24(20)26(23)2)15-18-8-5-7-17-6-3-4-9-19(17)18;/h3-11,14,22,25H,12-13,15H2,1-2H3;1H. The van der Waals surface area contributed by atoms with Crippen molar-refractivity contribution in [1.29, 1.82) is 0 Å². The average molecular weight is 377 g/mol. The van der Waals surface area contributed by atoms with Crippen LogP contribution >= 0.6 is 12.4 Å². The van der Waals surface area contributed by atoms with Gasteiger partial charge in [0.05, 0.1) is 6.04 Å². The molecule has 0 aliphatic carbocycles. The van der Waals surface area contributed by atoms with E-state index in [-0.39, 0.29) is 12.4 Å². The van der Waals surface area contributed by atoms with Gasteiger partial charge in [-0.1, -0.05) is 54.1 Å². The Balaban J connectivity index is 0.00000180. The predicted octanol–water partition coefficient (Wildman–Crippen LogP) is 5.49. The Morgan fingerprint density at radius 1 is 1.00 bits per heavy atom. The topological polar surface area (TPSA) is 17.0 Å². The fourth-order valence-electron chi connectivity index (χ4n) is 4.69. The number of aromatic nitrogens is 1. The first kappa shape index (κ1) is 18.1. The molecule has 1 atom stereocenters. The van der Waals surface area contributed by atoms with Crippen molar-refractivity contribution in [2.75, 3.05) is 6.54 Å². The first-order valence-electron chi connectivity index (χ1n) is 9.50. The summed E-state index contributed by atoms with van der Waals surface area (Å²) in [6.07, 6.45) is 2.14. The maximum atomic E-state index is 3.78. The monoisotopic (exact) mass is 376 g/mol. The normalized spacial score (nSPS) is 16.3. The van der Waals surface area contributed by atoms with Crippen molar-refractivity contribution in [2.24, 2.45) is 7.05 Å². The van der Waals surface area contributed by atoms with Crippen LogP contribution in [-0.2, 0) is 19.9 Å². The number of fused-ring (bicyclic) bond motifs is 4. The van der Waals surface area contributed by atoms with Crippen LogP contribution in [0.4, 0.5) is 0 Å². The van der Waals surface area contributed by atoms with Gasteiger partial charge < -0.3 is 9.88 Å². The Bertz CT molecular complexity index is 1120. The maximum Gasteiger partial charge on any atom is 0.0519 e. The third-order valence-corrected chi connectivity index (χ3v) is 5.91. The number of hydrogen-bond acceptors (Lipinski definition) is 1. The molecular weight excluding hydrogens is 352 g/mol.